The van der Waals surface area contributed by atoms with Gasteiger partial charge in [-0.05, 0) is 48.8 Å². The number of carbonyl (C=O) groups excluding carboxylic acids is 1. The fourth-order valence-electron chi connectivity index (χ4n) is 2.09. The van der Waals surface area contributed by atoms with Crippen LogP contribution in [0.5, 0.6) is 11.5 Å². The highest BCUT2D eigenvalue weighted by molar-refractivity contribution is 9.10. The van der Waals surface area contributed by atoms with Crippen molar-refractivity contribution in [1.82, 2.24) is 4.90 Å². The molecule has 0 aromatic heterocycles. The number of likely N-dealkylation sites (tertiary alicyclic amines) is 1. The number of hydrogen-bond acceptors (Lipinski definition) is 4. The van der Waals surface area contributed by atoms with Crippen molar-refractivity contribution in [2.75, 3.05) is 26.8 Å². The highest BCUT2D eigenvalue weighted by Crippen LogP contribution is 2.29. The molecule has 0 radical (unpaired) electrons. The van der Waals surface area contributed by atoms with Gasteiger partial charge >= 0.3 is 6.09 Å². The molecular weight excluding hydrogens is 350 g/mol. The van der Waals surface area contributed by atoms with Crippen molar-refractivity contribution in [3.8, 4) is 11.5 Å². The molecule has 0 bridgehead atoms. The van der Waals surface area contributed by atoms with E-state index >= 15 is 0 Å². The minimum atomic E-state index is -0.452. The lowest BCUT2D eigenvalue weighted by Gasteiger charge is -2.39. The summed E-state index contributed by atoms with van der Waals surface area (Å²) in [5, 5.41) is 0. The number of hydrogen-bond donors (Lipinski definition) is 0. The van der Waals surface area contributed by atoms with Gasteiger partial charge in [0.15, 0.2) is 0 Å². The van der Waals surface area contributed by atoms with Crippen LogP contribution in [0.15, 0.2) is 22.7 Å². The smallest absolute Gasteiger partial charge is 0.410 e. The monoisotopic (exact) mass is 371 g/mol. The summed E-state index contributed by atoms with van der Waals surface area (Å²) in [5.74, 6) is 1.83. The fourth-order valence-corrected chi connectivity index (χ4v) is 2.50. The SMILES string of the molecule is COc1cc(OCC2CN(C(=O)OC(C)(C)C)C2)ccc1Br. The zero-order valence-corrected chi connectivity index (χ0v) is 15.0. The summed E-state index contributed by atoms with van der Waals surface area (Å²) >= 11 is 3.40. The van der Waals surface area contributed by atoms with E-state index in [0.717, 1.165) is 16.0 Å². The van der Waals surface area contributed by atoms with Crippen molar-refractivity contribution in [2.24, 2.45) is 5.92 Å². The average Bonchev–Trinajstić information content (AvgIpc) is 2.36. The molecule has 1 aliphatic heterocycles. The predicted octanol–water partition coefficient (Wildman–Crippen LogP) is 3.70. The van der Waals surface area contributed by atoms with E-state index in [1.54, 1.807) is 12.0 Å². The molecule has 6 heteroatoms. The maximum absolute atomic E-state index is 11.8. The molecule has 1 saturated heterocycles. The van der Waals surface area contributed by atoms with Gasteiger partial charge in [-0.25, -0.2) is 4.79 Å². The van der Waals surface area contributed by atoms with Gasteiger partial charge in [-0.15, -0.1) is 0 Å². The second kappa shape index (κ2) is 6.77. The summed E-state index contributed by atoms with van der Waals surface area (Å²) in [4.78, 5) is 13.5. The van der Waals surface area contributed by atoms with Crippen molar-refractivity contribution in [1.29, 1.82) is 0 Å². The summed E-state index contributed by atoms with van der Waals surface area (Å²) in [5.41, 5.74) is -0.452. The van der Waals surface area contributed by atoms with E-state index in [4.69, 9.17) is 14.2 Å². The molecule has 0 unspecified atom stereocenters. The van der Waals surface area contributed by atoms with E-state index in [-0.39, 0.29) is 6.09 Å². The number of rotatable bonds is 4. The number of amides is 1. The second-order valence-corrected chi connectivity index (χ2v) is 7.21. The Kier molecular flexibility index (Phi) is 5.21. The van der Waals surface area contributed by atoms with E-state index < -0.39 is 5.60 Å². The maximum atomic E-state index is 11.8. The predicted molar refractivity (Wildman–Crippen MR) is 87.5 cm³/mol. The van der Waals surface area contributed by atoms with E-state index in [0.29, 0.717) is 25.6 Å². The van der Waals surface area contributed by atoms with E-state index in [1.165, 1.54) is 0 Å². The zero-order chi connectivity index (χ0) is 16.3. The van der Waals surface area contributed by atoms with Gasteiger partial charge in [0.05, 0.1) is 18.2 Å². The fraction of sp³-hybridized carbons (Fsp3) is 0.562. The Hall–Kier alpha value is -1.43. The van der Waals surface area contributed by atoms with Crippen molar-refractivity contribution < 1.29 is 19.0 Å². The first-order valence-corrected chi connectivity index (χ1v) is 8.02. The van der Waals surface area contributed by atoms with Gasteiger partial charge in [-0.2, -0.15) is 0 Å². The molecule has 0 aliphatic carbocycles. The van der Waals surface area contributed by atoms with Gasteiger partial charge < -0.3 is 19.1 Å². The lowest BCUT2D eigenvalue weighted by atomic mass is 10.0. The molecule has 0 atom stereocenters. The Balaban J connectivity index is 1.75. The minimum Gasteiger partial charge on any atom is -0.495 e. The van der Waals surface area contributed by atoms with Gasteiger partial charge in [0.2, 0.25) is 0 Å². The van der Waals surface area contributed by atoms with Crippen LogP contribution in [0, 0.1) is 5.92 Å². The number of ether oxygens (including phenoxy) is 3. The summed E-state index contributed by atoms with van der Waals surface area (Å²) in [7, 11) is 1.62. The van der Waals surface area contributed by atoms with Crippen LogP contribution in [0.3, 0.4) is 0 Å². The molecule has 0 spiro atoms. The summed E-state index contributed by atoms with van der Waals surface area (Å²) < 4.78 is 17.2. The first kappa shape index (κ1) is 16.9. The number of methoxy groups -OCH3 is 1. The highest BCUT2D eigenvalue weighted by Gasteiger charge is 2.34. The van der Waals surface area contributed by atoms with Crippen molar-refractivity contribution in [3.63, 3.8) is 0 Å². The standard InChI is InChI=1S/C16H22BrNO4/c1-16(2,3)22-15(19)18-8-11(9-18)10-21-12-5-6-13(17)14(7-12)20-4/h5-7,11H,8-10H2,1-4H3. The summed E-state index contributed by atoms with van der Waals surface area (Å²) in [6, 6.07) is 5.62. The molecule has 1 amide bonds. The van der Waals surface area contributed by atoms with Crippen LogP contribution in [0.4, 0.5) is 4.79 Å². The van der Waals surface area contributed by atoms with Crippen LogP contribution in [-0.4, -0.2) is 43.4 Å². The van der Waals surface area contributed by atoms with Crippen LogP contribution >= 0.6 is 15.9 Å². The molecule has 1 fully saturated rings. The van der Waals surface area contributed by atoms with E-state index in [9.17, 15) is 4.79 Å². The van der Waals surface area contributed by atoms with Gasteiger partial charge in [0.25, 0.3) is 0 Å². The summed E-state index contributed by atoms with van der Waals surface area (Å²) in [6.07, 6.45) is -0.255. The molecule has 1 aromatic rings. The van der Waals surface area contributed by atoms with Crippen molar-refractivity contribution in [2.45, 2.75) is 26.4 Å². The Morgan fingerprint density at radius 2 is 2.05 bits per heavy atom. The largest absolute Gasteiger partial charge is 0.495 e. The average molecular weight is 372 g/mol. The molecular formula is C16H22BrNO4. The number of benzene rings is 1. The molecule has 0 saturated carbocycles. The third-order valence-corrected chi connectivity index (χ3v) is 3.87. The van der Waals surface area contributed by atoms with Crippen LogP contribution in [0.1, 0.15) is 20.8 Å². The molecule has 1 heterocycles. The second-order valence-electron chi connectivity index (χ2n) is 6.36. The maximum Gasteiger partial charge on any atom is 0.410 e. The number of carbonyl (C=O) groups is 1. The Bertz CT molecular complexity index is 535. The van der Waals surface area contributed by atoms with Crippen LogP contribution in [0.2, 0.25) is 0 Å². The third-order valence-electron chi connectivity index (χ3n) is 3.22. The Labute approximate surface area is 139 Å². The Morgan fingerprint density at radius 1 is 1.36 bits per heavy atom. The van der Waals surface area contributed by atoms with Gasteiger partial charge in [0.1, 0.15) is 17.1 Å². The first-order valence-electron chi connectivity index (χ1n) is 7.23. The zero-order valence-electron chi connectivity index (χ0n) is 13.4. The van der Waals surface area contributed by atoms with Gasteiger partial charge in [-0.1, -0.05) is 0 Å². The van der Waals surface area contributed by atoms with Crippen LogP contribution < -0.4 is 9.47 Å². The lowest BCUT2D eigenvalue weighted by molar-refractivity contribution is -0.00781. The summed E-state index contributed by atoms with van der Waals surface area (Å²) in [6.45, 7) is 7.51. The van der Waals surface area contributed by atoms with Crippen molar-refractivity contribution in [3.05, 3.63) is 22.7 Å². The molecule has 1 aliphatic rings. The van der Waals surface area contributed by atoms with Crippen LogP contribution in [0.25, 0.3) is 0 Å². The lowest BCUT2D eigenvalue weighted by Crippen LogP contribution is -2.53. The van der Waals surface area contributed by atoms with Gasteiger partial charge in [0, 0.05) is 25.1 Å². The van der Waals surface area contributed by atoms with E-state index in [1.807, 2.05) is 39.0 Å². The topological polar surface area (TPSA) is 48.0 Å². The Morgan fingerprint density at radius 3 is 2.64 bits per heavy atom. The molecule has 1 aromatic carbocycles. The molecule has 0 N–H and O–H groups in total. The van der Waals surface area contributed by atoms with E-state index in [2.05, 4.69) is 15.9 Å². The first-order chi connectivity index (χ1) is 10.3. The molecule has 2 rings (SSSR count). The third kappa shape index (κ3) is 4.53. The molecule has 22 heavy (non-hydrogen) atoms. The normalized spacial score (nSPS) is 15.2. The van der Waals surface area contributed by atoms with Crippen molar-refractivity contribution >= 4 is 22.0 Å². The molecule has 122 valence electrons. The highest BCUT2D eigenvalue weighted by atomic mass is 79.9. The van der Waals surface area contributed by atoms with Crippen LogP contribution in [-0.2, 0) is 4.74 Å². The van der Waals surface area contributed by atoms with Gasteiger partial charge in [-0.3, -0.25) is 0 Å². The molecule has 5 nitrogen and oxygen atoms in total. The minimum absolute atomic E-state index is 0.255. The number of halogens is 1. The quantitative estimate of drug-likeness (QED) is 0.809. The number of nitrogens with zero attached hydrogens (tertiary/aromatic N) is 1.